The molecule has 1 aliphatic rings. The van der Waals surface area contributed by atoms with Crippen LogP contribution in [0.1, 0.15) is 63.0 Å². The topological polar surface area (TPSA) is 96.0 Å². The van der Waals surface area contributed by atoms with Gasteiger partial charge in [0, 0.05) is 30.6 Å². The van der Waals surface area contributed by atoms with Crippen molar-refractivity contribution in [3.8, 4) is 5.75 Å². The molecular formula is C29H40ClN3O5S. The van der Waals surface area contributed by atoms with Crippen molar-refractivity contribution in [2.75, 3.05) is 24.2 Å². The van der Waals surface area contributed by atoms with E-state index in [1.807, 2.05) is 24.3 Å². The van der Waals surface area contributed by atoms with Gasteiger partial charge in [-0.05, 0) is 68.5 Å². The highest BCUT2D eigenvalue weighted by molar-refractivity contribution is 7.92. The summed E-state index contributed by atoms with van der Waals surface area (Å²) in [6.45, 7) is 3.89. The van der Waals surface area contributed by atoms with Crippen LogP contribution < -0.4 is 14.4 Å². The summed E-state index contributed by atoms with van der Waals surface area (Å²) in [6, 6.07) is 12.0. The lowest BCUT2D eigenvalue weighted by Gasteiger charge is -2.31. The van der Waals surface area contributed by atoms with E-state index in [1.165, 1.54) is 10.7 Å². The molecule has 0 unspecified atom stereocenters. The molecule has 2 aromatic carbocycles. The van der Waals surface area contributed by atoms with E-state index in [-0.39, 0.29) is 43.8 Å². The maximum atomic E-state index is 13.5. The normalized spacial score (nSPS) is 14.9. The molecule has 8 nitrogen and oxygen atoms in total. The van der Waals surface area contributed by atoms with E-state index in [2.05, 4.69) is 5.32 Å². The molecule has 1 saturated carbocycles. The van der Waals surface area contributed by atoms with E-state index in [0.717, 1.165) is 37.5 Å². The van der Waals surface area contributed by atoms with Crippen LogP contribution in [0, 0.1) is 6.92 Å². The van der Waals surface area contributed by atoms with Crippen molar-refractivity contribution in [2.45, 2.75) is 77.4 Å². The van der Waals surface area contributed by atoms with Crippen molar-refractivity contribution in [1.82, 2.24) is 10.2 Å². The van der Waals surface area contributed by atoms with Crippen LogP contribution in [0.4, 0.5) is 5.69 Å². The first-order valence-corrected chi connectivity index (χ1v) is 15.7. The summed E-state index contributed by atoms with van der Waals surface area (Å²) in [6.07, 6.45) is 6.79. The van der Waals surface area contributed by atoms with E-state index in [4.69, 9.17) is 16.3 Å². The number of nitrogens with one attached hydrogen (secondary N) is 1. The number of sulfonamides is 1. The number of benzene rings is 2. The van der Waals surface area contributed by atoms with E-state index in [9.17, 15) is 18.0 Å². The quantitative estimate of drug-likeness (QED) is 0.380. The fourth-order valence-electron chi connectivity index (χ4n) is 4.93. The highest BCUT2D eigenvalue weighted by atomic mass is 35.5. The van der Waals surface area contributed by atoms with Gasteiger partial charge >= 0.3 is 0 Å². The third-order valence-corrected chi connectivity index (χ3v) is 8.88. The molecule has 2 amide bonds. The summed E-state index contributed by atoms with van der Waals surface area (Å²) in [5.74, 6) is 0.321. The lowest BCUT2D eigenvalue weighted by Crippen LogP contribution is -2.50. The summed E-state index contributed by atoms with van der Waals surface area (Å²) >= 11 is 6.24. The van der Waals surface area contributed by atoms with Crippen LogP contribution in [0.15, 0.2) is 42.5 Å². The van der Waals surface area contributed by atoms with E-state index in [0.29, 0.717) is 22.0 Å². The van der Waals surface area contributed by atoms with Gasteiger partial charge in [0.05, 0.1) is 19.1 Å². The van der Waals surface area contributed by atoms with E-state index >= 15 is 0 Å². The summed E-state index contributed by atoms with van der Waals surface area (Å²) in [4.78, 5) is 28.3. The highest BCUT2D eigenvalue weighted by Crippen LogP contribution is 2.28. The second-order valence-electron chi connectivity index (χ2n) is 10.2. The molecule has 10 heteroatoms. The third kappa shape index (κ3) is 8.60. The van der Waals surface area contributed by atoms with Crippen LogP contribution in [0.25, 0.3) is 0 Å². The standard InChI is InChI=1S/C29H40ClN3O5S/c1-21-26(30)12-8-13-27(21)33(39(4,36)37)19-9-14-28(34)32(20-23-15-17-25(38-3)18-16-23)22(2)29(35)31-24-10-6-5-7-11-24/h8,12-13,15-18,22,24H,5-7,9-11,14,19-20H2,1-4H3,(H,31,35)/t22-/m1/s1. The Morgan fingerprint density at radius 2 is 1.77 bits per heavy atom. The number of amides is 2. The van der Waals surface area contributed by atoms with Crippen molar-refractivity contribution in [3.63, 3.8) is 0 Å². The molecule has 0 aliphatic heterocycles. The monoisotopic (exact) mass is 577 g/mol. The fourth-order valence-corrected chi connectivity index (χ4v) is 6.11. The minimum Gasteiger partial charge on any atom is -0.497 e. The summed E-state index contributed by atoms with van der Waals surface area (Å²) in [5, 5.41) is 3.61. The molecule has 0 bridgehead atoms. The Morgan fingerprint density at radius 3 is 2.38 bits per heavy atom. The first kappa shape index (κ1) is 30.8. The SMILES string of the molecule is COc1ccc(CN(C(=O)CCCN(c2cccc(Cl)c2C)S(C)(=O)=O)[C@H](C)C(=O)NC2CCCCC2)cc1. The van der Waals surface area contributed by atoms with Gasteiger partial charge in [0.15, 0.2) is 0 Å². The van der Waals surface area contributed by atoms with Crippen LogP contribution in [-0.2, 0) is 26.2 Å². The van der Waals surface area contributed by atoms with Gasteiger partial charge in [-0.3, -0.25) is 13.9 Å². The minimum atomic E-state index is -3.60. The average Bonchev–Trinajstić information content (AvgIpc) is 2.91. The van der Waals surface area contributed by atoms with Crippen molar-refractivity contribution in [2.24, 2.45) is 0 Å². The second kappa shape index (κ2) is 14.0. The molecule has 0 spiro atoms. The van der Waals surface area contributed by atoms with Crippen LogP contribution in [0.2, 0.25) is 5.02 Å². The molecule has 1 N–H and O–H groups in total. The minimum absolute atomic E-state index is 0.0861. The molecule has 1 aliphatic carbocycles. The Hall–Kier alpha value is -2.78. The van der Waals surface area contributed by atoms with Gasteiger partial charge in [-0.1, -0.05) is 49.1 Å². The largest absolute Gasteiger partial charge is 0.497 e. The van der Waals surface area contributed by atoms with Crippen molar-refractivity contribution < 1.29 is 22.7 Å². The Labute approximate surface area is 237 Å². The zero-order valence-corrected chi connectivity index (χ0v) is 24.9. The average molecular weight is 578 g/mol. The lowest BCUT2D eigenvalue weighted by atomic mass is 9.95. The van der Waals surface area contributed by atoms with Crippen LogP contribution in [0.5, 0.6) is 5.75 Å². The maximum absolute atomic E-state index is 13.5. The molecule has 214 valence electrons. The number of ether oxygens (including phenoxy) is 1. The molecule has 0 aromatic heterocycles. The maximum Gasteiger partial charge on any atom is 0.242 e. The van der Waals surface area contributed by atoms with Gasteiger partial charge in [0.2, 0.25) is 21.8 Å². The van der Waals surface area contributed by atoms with Gasteiger partial charge in [0.25, 0.3) is 0 Å². The summed E-state index contributed by atoms with van der Waals surface area (Å²) < 4.78 is 31.7. The predicted molar refractivity (Wildman–Crippen MR) is 156 cm³/mol. The van der Waals surface area contributed by atoms with Crippen LogP contribution in [-0.4, -0.2) is 57.1 Å². The number of halogens is 1. The summed E-state index contributed by atoms with van der Waals surface area (Å²) in [7, 11) is -2.01. The predicted octanol–water partition coefficient (Wildman–Crippen LogP) is 5.07. The van der Waals surface area contributed by atoms with Crippen LogP contribution >= 0.6 is 11.6 Å². The van der Waals surface area contributed by atoms with Gasteiger partial charge in [-0.15, -0.1) is 0 Å². The first-order valence-electron chi connectivity index (χ1n) is 13.5. The Bertz CT molecular complexity index is 1230. The fraction of sp³-hybridized carbons (Fsp3) is 0.517. The third-order valence-electron chi connectivity index (χ3n) is 7.29. The number of carbonyl (C=O) groups excluding carboxylic acids is 2. The van der Waals surface area contributed by atoms with E-state index in [1.54, 1.807) is 44.1 Å². The number of methoxy groups -OCH3 is 1. The number of nitrogens with zero attached hydrogens (tertiary/aromatic N) is 2. The van der Waals surface area contributed by atoms with Gasteiger partial charge < -0.3 is 15.0 Å². The van der Waals surface area contributed by atoms with Gasteiger partial charge in [-0.2, -0.15) is 0 Å². The Kier molecular flexibility index (Phi) is 11.1. The molecule has 0 radical (unpaired) electrons. The number of rotatable bonds is 12. The van der Waals surface area contributed by atoms with Gasteiger partial charge in [-0.25, -0.2) is 8.42 Å². The molecule has 2 aromatic rings. The second-order valence-corrected chi connectivity index (χ2v) is 12.5. The highest BCUT2D eigenvalue weighted by Gasteiger charge is 2.28. The molecule has 1 fully saturated rings. The number of hydrogen-bond acceptors (Lipinski definition) is 5. The Balaban J connectivity index is 1.74. The van der Waals surface area contributed by atoms with Crippen LogP contribution in [0.3, 0.4) is 0 Å². The Morgan fingerprint density at radius 1 is 1.10 bits per heavy atom. The van der Waals surface area contributed by atoms with Crippen molar-refractivity contribution in [1.29, 1.82) is 0 Å². The molecule has 0 saturated heterocycles. The summed E-state index contributed by atoms with van der Waals surface area (Å²) in [5.41, 5.74) is 2.02. The molecule has 0 heterocycles. The molecule has 39 heavy (non-hydrogen) atoms. The number of anilines is 1. The zero-order chi connectivity index (χ0) is 28.6. The lowest BCUT2D eigenvalue weighted by molar-refractivity contribution is -0.141. The van der Waals surface area contributed by atoms with Crippen molar-refractivity contribution in [3.05, 3.63) is 58.6 Å². The molecule has 1 atom stereocenters. The van der Waals surface area contributed by atoms with E-state index < -0.39 is 16.1 Å². The van der Waals surface area contributed by atoms with Gasteiger partial charge in [0.1, 0.15) is 11.8 Å². The van der Waals surface area contributed by atoms with Crippen molar-refractivity contribution >= 4 is 39.1 Å². The number of carbonyl (C=O) groups is 2. The smallest absolute Gasteiger partial charge is 0.242 e. The number of hydrogen-bond donors (Lipinski definition) is 1. The molecular weight excluding hydrogens is 538 g/mol. The zero-order valence-electron chi connectivity index (χ0n) is 23.3. The molecule has 3 rings (SSSR count). The first-order chi connectivity index (χ1) is 18.5.